The summed E-state index contributed by atoms with van der Waals surface area (Å²) in [4.78, 5) is 19.0. The van der Waals surface area contributed by atoms with Crippen molar-refractivity contribution >= 4 is 5.91 Å². The first-order chi connectivity index (χ1) is 12.1. The minimum absolute atomic E-state index is 0.130. The van der Waals surface area contributed by atoms with Gasteiger partial charge in [-0.25, -0.2) is 0 Å². The number of amides is 1. The first-order valence-electron chi connectivity index (χ1n) is 8.50. The fourth-order valence-electron chi connectivity index (χ4n) is 3.47. The Morgan fingerprint density at radius 1 is 1.04 bits per heavy atom. The van der Waals surface area contributed by atoms with Crippen molar-refractivity contribution in [3.05, 3.63) is 88.7 Å². The van der Waals surface area contributed by atoms with Gasteiger partial charge in [0.05, 0.1) is 0 Å². The number of aryl methyl sites for hydroxylation is 2. The van der Waals surface area contributed by atoms with Gasteiger partial charge in [0.25, 0.3) is 5.91 Å². The molecular weight excluding hydrogens is 308 g/mol. The quantitative estimate of drug-likeness (QED) is 0.708. The first kappa shape index (κ1) is 15.6. The van der Waals surface area contributed by atoms with Crippen molar-refractivity contribution in [2.24, 2.45) is 0 Å². The molecule has 3 aromatic rings. The van der Waals surface area contributed by atoms with E-state index in [1.807, 2.05) is 24.1 Å². The number of hydrogen-bond acceptors (Lipinski definition) is 2. The number of fused-ring (bicyclic) bond motifs is 1. The van der Waals surface area contributed by atoms with Crippen LogP contribution in [0.1, 0.15) is 32.6 Å². The molecule has 3 heteroatoms. The molecule has 2 heterocycles. The Kier molecular flexibility index (Phi) is 3.85. The van der Waals surface area contributed by atoms with Crippen LogP contribution in [0.15, 0.2) is 60.9 Å². The summed E-state index contributed by atoms with van der Waals surface area (Å²) in [5.41, 5.74) is 7.60. The Morgan fingerprint density at radius 3 is 2.56 bits per heavy atom. The van der Waals surface area contributed by atoms with Crippen molar-refractivity contribution in [1.82, 2.24) is 9.88 Å². The van der Waals surface area contributed by atoms with Crippen molar-refractivity contribution in [3.63, 3.8) is 0 Å². The predicted molar refractivity (Wildman–Crippen MR) is 99.2 cm³/mol. The maximum Gasteiger partial charge on any atom is 0.255 e. The predicted octanol–water partition coefficient (Wildman–Crippen LogP) is 4.52. The van der Waals surface area contributed by atoms with Crippen LogP contribution in [-0.2, 0) is 13.1 Å². The van der Waals surface area contributed by atoms with Crippen molar-refractivity contribution in [2.75, 3.05) is 0 Å². The van der Waals surface area contributed by atoms with Gasteiger partial charge in [0.15, 0.2) is 0 Å². The fourth-order valence-corrected chi connectivity index (χ4v) is 3.47. The van der Waals surface area contributed by atoms with Crippen LogP contribution in [0.4, 0.5) is 0 Å². The van der Waals surface area contributed by atoms with Crippen LogP contribution in [0.2, 0.25) is 0 Å². The second-order valence-corrected chi connectivity index (χ2v) is 6.72. The largest absolute Gasteiger partial charge is 0.330 e. The molecule has 0 spiro atoms. The lowest BCUT2D eigenvalue weighted by atomic mass is 9.97. The van der Waals surface area contributed by atoms with Gasteiger partial charge in [-0.15, -0.1) is 0 Å². The molecule has 0 unspecified atom stereocenters. The zero-order valence-electron chi connectivity index (χ0n) is 14.5. The average Bonchev–Trinajstić information content (AvgIpc) is 2.94. The molecule has 0 aliphatic carbocycles. The Bertz CT molecular complexity index is 930. The number of nitrogens with zero attached hydrogens (tertiary/aromatic N) is 2. The normalized spacial score (nSPS) is 13.2. The Morgan fingerprint density at radius 2 is 1.84 bits per heavy atom. The number of rotatable bonds is 3. The Hall–Kier alpha value is -2.94. The number of benzene rings is 2. The monoisotopic (exact) mass is 328 g/mol. The lowest BCUT2D eigenvalue weighted by molar-refractivity contribution is 0.0766. The molecule has 2 aromatic carbocycles. The molecule has 1 aliphatic heterocycles. The van der Waals surface area contributed by atoms with Gasteiger partial charge < -0.3 is 4.90 Å². The maximum atomic E-state index is 12.9. The summed E-state index contributed by atoms with van der Waals surface area (Å²) < 4.78 is 0. The highest BCUT2D eigenvalue weighted by Gasteiger charge is 2.29. The van der Waals surface area contributed by atoms with Crippen molar-refractivity contribution < 1.29 is 4.79 Å². The second kappa shape index (κ2) is 6.17. The molecule has 0 atom stereocenters. The Balaban J connectivity index is 1.64. The molecule has 1 amide bonds. The van der Waals surface area contributed by atoms with E-state index in [0.29, 0.717) is 13.1 Å². The summed E-state index contributed by atoms with van der Waals surface area (Å²) in [5.74, 6) is 0.130. The van der Waals surface area contributed by atoms with E-state index in [0.717, 1.165) is 33.4 Å². The number of pyridine rings is 1. The van der Waals surface area contributed by atoms with Crippen LogP contribution >= 0.6 is 0 Å². The van der Waals surface area contributed by atoms with Crippen molar-refractivity contribution in [3.8, 4) is 11.1 Å². The van der Waals surface area contributed by atoms with Gasteiger partial charge in [0, 0.05) is 36.6 Å². The third kappa shape index (κ3) is 2.93. The number of aromatic nitrogens is 1. The van der Waals surface area contributed by atoms with E-state index in [2.05, 4.69) is 54.4 Å². The molecule has 0 fully saturated rings. The summed E-state index contributed by atoms with van der Waals surface area (Å²) in [6.45, 7) is 5.41. The fraction of sp³-hybridized carbons (Fsp3) is 0.182. The average molecular weight is 328 g/mol. The molecule has 0 saturated carbocycles. The van der Waals surface area contributed by atoms with Gasteiger partial charge in [-0.05, 0) is 48.2 Å². The Labute approximate surface area is 148 Å². The lowest BCUT2D eigenvalue weighted by Gasteiger charge is -2.15. The van der Waals surface area contributed by atoms with Gasteiger partial charge in [-0.2, -0.15) is 0 Å². The van der Waals surface area contributed by atoms with E-state index in [4.69, 9.17) is 0 Å². The van der Waals surface area contributed by atoms with Crippen LogP contribution in [-0.4, -0.2) is 15.8 Å². The molecule has 4 rings (SSSR count). The van der Waals surface area contributed by atoms with Crippen molar-refractivity contribution in [1.29, 1.82) is 0 Å². The molecule has 1 aliphatic rings. The van der Waals surface area contributed by atoms with Gasteiger partial charge in [-0.1, -0.05) is 42.0 Å². The second-order valence-electron chi connectivity index (χ2n) is 6.72. The standard InChI is InChI=1S/C22H20N2O/c1-15-5-7-17(8-6-15)13-24-14-20-11-19(18-4-3-9-23-12-18)10-16(2)21(20)22(24)25/h3-12H,13-14H2,1-2H3. The maximum absolute atomic E-state index is 12.9. The van der Waals surface area contributed by atoms with E-state index in [-0.39, 0.29) is 5.91 Å². The van der Waals surface area contributed by atoms with E-state index in [1.54, 1.807) is 6.20 Å². The summed E-state index contributed by atoms with van der Waals surface area (Å²) >= 11 is 0. The highest BCUT2D eigenvalue weighted by molar-refractivity contribution is 6.00. The van der Waals surface area contributed by atoms with Crippen LogP contribution in [0.5, 0.6) is 0 Å². The van der Waals surface area contributed by atoms with Crippen LogP contribution < -0.4 is 0 Å². The summed E-state index contributed by atoms with van der Waals surface area (Å²) in [6, 6.07) is 16.6. The van der Waals surface area contributed by atoms with E-state index < -0.39 is 0 Å². The third-order valence-corrected chi connectivity index (χ3v) is 4.77. The number of carbonyl (C=O) groups is 1. The molecule has 0 bridgehead atoms. The lowest BCUT2D eigenvalue weighted by Crippen LogP contribution is -2.23. The summed E-state index contributed by atoms with van der Waals surface area (Å²) in [7, 11) is 0. The molecule has 0 saturated heterocycles. The highest BCUT2D eigenvalue weighted by Crippen LogP contribution is 2.32. The van der Waals surface area contributed by atoms with Gasteiger partial charge >= 0.3 is 0 Å². The third-order valence-electron chi connectivity index (χ3n) is 4.77. The van der Waals surface area contributed by atoms with Gasteiger partial charge in [0.1, 0.15) is 0 Å². The summed E-state index contributed by atoms with van der Waals surface area (Å²) in [5, 5.41) is 0. The smallest absolute Gasteiger partial charge is 0.255 e. The molecule has 3 nitrogen and oxygen atoms in total. The first-order valence-corrected chi connectivity index (χ1v) is 8.50. The zero-order chi connectivity index (χ0) is 17.4. The molecule has 0 N–H and O–H groups in total. The van der Waals surface area contributed by atoms with Crippen LogP contribution in [0.3, 0.4) is 0 Å². The number of carbonyl (C=O) groups excluding carboxylic acids is 1. The van der Waals surface area contributed by atoms with E-state index in [9.17, 15) is 4.79 Å². The van der Waals surface area contributed by atoms with Crippen LogP contribution in [0.25, 0.3) is 11.1 Å². The molecule has 25 heavy (non-hydrogen) atoms. The van der Waals surface area contributed by atoms with Gasteiger partial charge in [-0.3, -0.25) is 9.78 Å². The van der Waals surface area contributed by atoms with E-state index >= 15 is 0 Å². The van der Waals surface area contributed by atoms with Gasteiger partial charge in [0.2, 0.25) is 0 Å². The minimum Gasteiger partial charge on any atom is -0.330 e. The topological polar surface area (TPSA) is 33.2 Å². The van der Waals surface area contributed by atoms with Crippen LogP contribution in [0, 0.1) is 13.8 Å². The van der Waals surface area contributed by atoms with Crippen molar-refractivity contribution in [2.45, 2.75) is 26.9 Å². The SMILES string of the molecule is Cc1ccc(CN2Cc3cc(-c4cccnc4)cc(C)c3C2=O)cc1. The zero-order valence-corrected chi connectivity index (χ0v) is 14.5. The molecular formula is C22H20N2O. The summed E-state index contributed by atoms with van der Waals surface area (Å²) in [6.07, 6.45) is 3.64. The molecule has 0 radical (unpaired) electrons. The molecule has 124 valence electrons. The minimum atomic E-state index is 0.130. The number of hydrogen-bond donors (Lipinski definition) is 0. The molecule has 1 aromatic heterocycles. The highest BCUT2D eigenvalue weighted by atomic mass is 16.2. The van der Waals surface area contributed by atoms with E-state index in [1.165, 1.54) is 5.56 Å².